The van der Waals surface area contributed by atoms with E-state index in [0.717, 1.165) is 54.7 Å². The van der Waals surface area contributed by atoms with Gasteiger partial charge in [-0.25, -0.2) is 0 Å². The summed E-state index contributed by atoms with van der Waals surface area (Å²) in [4.78, 5) is 29.5. The number of hydrogen-bond donors (Lipinski definition) is 0. The minimum Gasteiger partial charge on any atom is -0.496 e. The van der Waals surface area contributed by atoms with Gasteiger partial charge in [-0.15, -0.1) is 0 Å². The Kier molecular flexibility index (Phi) is 6.97. The van der Waals surface area contributed by atoms with Crippen LogP contribution < -0.4 is 9.64 Å². The van der Waals surface area contributed by atoms with Crippen molar-refractivity contribution >= 4 is 34.7 Å². The molecule has 0 saturated carbocycles. The van der Waals surface area contributed by atoms with Crippen LogP contribution in [0.25, 0.3) is 6.08 Å². The molecule has 0 unspecified atom stereocenters. The number of anilines is 1. The molecule has 0 N–H and O–H groups in total. The molecular formula is C25H28N2O3S. The van der Waals surface area contributed by atoms with Crippen molar-refractivity contribution in [2.24, 2.45) is 0 Å². The number of aryl methyl sites for hydroxylation is 1. The van der Waals surface area contributed by atoms with Crippen molar-refractivity contribution in [3.8, 4) is 5.75 Å². The zero-order valence-corrected chi connectivity index (χ0v) is 18.7. The Labute approximate surface area is 188 Å². The maximum atomic E-state index is 12.8. The fourth-order valence-electron chi connectivity index (χ4n) is 4.09. The van der Waals surface area contributed by atoms with E-state index in [4.69, 9.17) is 4.74 Å². The van der Waals surface area contributed by atoms with Gasteiger partial charge in [0.25, 0.3) is 11.1 Å². The summed E-state index contributed by atoms with van der Waals surface area (Å²) in [6, 6.07) is 16.2. The second-order valence-corrected chi connectivity index (χ2v) is 8.89. The van der Waals surface area contributed by atoms with Gasteiger partial charge in [-0.2, -0.15) is 0 Å². The number of methoxy groups -OCH3 is 1. The van der Waals surface area contributed by atoms with Crippen LogP contribution >= 0.6 is 11.8 Å². The molecule has 2 aromatic rings. The van der Waals surface area contributed by atoms with Crippen molar-refractivity contribution in [3.05, 3.63) is 64.6 Å². The van der Waals surface area contributed by atoms with Gasteiger partial charge in [-0.1, -0.05) is 30.3 Å². The summed E-state index contributed by atoms with van der Waals surface area (Å²) >= 11 is 1.01. The number of hydrogen-bond acceptors (Lipinski definition) is 5. The van der Waals surface area contributed by atoms with Gasteiger partial charge in [0.1, 0.15) is 5.75 Å². The molecule has 6 heteroatoms. The molecule has 0 bridgehead atoms. The third kappa shape index (κ3) is 5.13. The molecule has 2 heterocycles. The van der Waals surface area contributed by atoms with Gasteiger partial charge in [-0.05, 0) is 67.6 Å². The first kappa shape index (κ1) is 21.5. The Hall–Kier alpha value is -2.73. The molecule has 31 heavy (non-hydrogen) atoms. The van der Waals surface area contributed by atoms with E-state index in [2.05, 4.69) is 23.1 Å². The molecule has 162 valence electrons. The highest BCUT2D eigenvalue weighted by molar-refractivity contribution is 8.18. The Bertz CT molecular complexity index is 968. The maximum Gasteiger partial charge on any atom is 0.293 e. The lowest BCUT2D eigenvalue weighted by molar-refractivity contribution is -0.122. The van der Waals surface area contributed by atoms with E-state index < -0.39 is 0 Å². The lowest BCUT2D eigenvalue weighted by Gasteiger charge is -2.29. The van der Waals surface area contributed by atoms with Gasteiger partial charge in [0, 0.05) is 37.0 Å². The summed E-state index contributed by atoms with van der Waals surface area (Å²) in [6.45, 7) is 2.55. The smallest absolute Gasteiger partial charge is 0.293 e. The van der Waals surface area contributed by atoms with Crippen molar-refractivity contribution in [2.45, 2.75) is 32.1 Å². The molecule has 2 aliphatic rings. The lowest BCUT2D eigenvalue weighted by Crippen LogP contribution is -2.29. The van der Waals surface area contributed by atoms with Gasteiger partial charge in [0.05, 0.1) is 12.0 Å². The number of imide groups is 1. The van der Waals surface area contributed by atoms with Crippen LogP contribution in [0.15, 0.2) is 53.4 Å². The minimum absolute atomic E-state index is 0.201. The number of rotatable bonds is 7. The van der Waals surface area contributed by atoms with Gasteiger partial charge in [-0.3, -0.25) is 14.5 Å². The van der Waals surface area contributed by atoms with Gasteiger partial charge < -0.3 is 9.64 Å². The number of nitrogens with zero attached hydrogens (tertiary/aromatic N) is 2. The molecule has 0 aromatic heterocycles. The van der Waals surface area contributed by atoms with Crippen LogP contribution in [0.2, 0.25) is 0 Å². The zero-order chi connectivity index (χ0) is 21.6. The summed E-state index contributed by atoms with van der Waals surface area (Å²) in [5.74, 6) is 0.504. The van der Waals surface area contributed by atoms with Crippen LogP contribution in [0.1, 0.15) is 36.8 Å². The molecule has 4 rings (SSSR count). The maximum absolute atomic E-state index is 12.8. The van der Waals surface area contributed by atoms with E-state index in [-0.39, 0.29) is 11.1 Å². The first-order valence-corrected chi connectivity index (χ1v) is 11.7. The Morgan fingerprint density at radius 1 is 1.03 bits per heavy atom. The van der Waals surface area contributed by atoms with Crippen molar-refractivity contribution < 1.29 is 14.3 Å². The number of amides is 2. The number of carbonyl (C=O) groups is 2. The van der Waals surface area contributed by atoms with E-state index >= 15 is 0 Å². The second-order valence-electron chi connectivity index (χ2n) is 7.90. The zero-order valence-electron chi connectivity index (χ0n) is 17.9. The quantitative estimate of drug-likeness (QED) is 0.547. The van der Waals surface area contributed by atoms with Gasteiger partial charge in [0.15, 0.2) is 0 Å². The van der Waals surface area contributed by atoms with Crippen LogP contribution in [0.4, 0.5) is 10.5 Å². The summed E-state index contributed by atoms with van der Waals surface area (Å²) in [5.41, 5.74) is 3.17. The molecule has 2 fully saturated rings. The highest BCUT2D eigenvalue weighted by Gasteiger charge is 2.34. The molecule has 5 nitrogen and oxygen atoms in total. The number of thioether (sulfide) groups is 1. The molecular weight excluding hydrogens is 408 g/mol. The number of benzene rings is 2. The summed E-state index contributed by atoms with van der Waals surface area (Å²) in [6.07, 6.45) is 7.08. The van der Waals surface area contributed by atoms with Crippen LogP contribution in [0, 0.1) is 0 Å². The number of ether oxygens (including phenoxy) is 1. The van der Waals surface area contributed by atoms with Gasteiger partial charge in [0.2, 0.25) is 0 Å². The molecule has 2 aromatic carbocycles. The normalized spacial score (nSPS) is 18.2. The fraction of sp³-hybridized carbons (Fsp3) is 0.360. The monoisotopic (exact) mass is 436 g/mol. The summed E-state index contributed by atoms with van der Waals surface area (Å²) in [5, 5.41) is -0.201. The number of piperidine rings is 1. The van der Waals surface area contributed by atoms with Crippen molar-refractivity contribution in [1.29, 1.82) is 0 Å². The topological polar surface area (TPSA) is 49.9 Å². The van der Waals surface area contributed by atoms with Crippen molar-refractivity contribution in [1.82, 2.24) is 4.90 Å². The van der Waals surface area contributed by atoms with E-state index in [0.29, 0.717) is 11.4 Å². The Balaban J connectivity index is 1.44. The second kappa shape index (κ2) is 10.1. The third-order valence-corrected chi connectivity index (χ3v) is 6.70. The summed E-state index contributed by atoms with van der Waals surface area (Å²) in [7, 11) is 1.64. The van der Waals surface area contributed by atoms with E-state index in [1.165, 1.54) is 29.7 Å². The average Bonchev–Trinajstić information content (AvgIpc) is 3.08. The Morgan fingerprint density at radius 2 is 1.81 bits per heavy atom. The molecule has 0 spiro atoms. The standard InChI is InChI=1S/C25H28N2O3S/c1-30-22-18-21(26-14-6-3-7-15-26)13-12-20(22)17-23-24(28)27(25(29)31-23)16-8-11-19-9-4-2-5-10-19/h2,4-5,9-10,12-13,17-18H,3,6-8,11,14-16H2,1H3/b23-17+. The first-order valence-electron chi connectivity index (χ1n) is 10.9. The Morgan fingerprint density at radius 3 is 2.55 bits per heavy atom. The largest absolute Gasteiger partial charge is 0.496 e. The van der Waals surface area contributed by atoms with Crippen molar-refractivity contribution in [3.63, 3.8) is 0 Å². The molecule has 0 aliphatic carbocycles. The molecule has 2 amide bonds. The van der Waals surface area contributed by atoms with Crippen LogP contribution in [0.3, 0.4) is 0 Å². The van der Waals surface area contributed by atoms with Crippen LogP contribution in [-0.4, -0.2) is 42.8 Å². The van der Waals surface area contributed by atoms with Crippen LogP contribution in [0.5, 0.6) is 5.75 Å². The van der Waals surface area contributed by atoms with Crippen LogP contribution in [-0.2, 0) is 11.2 Å². The van der Waals surface area contributed by atoms with Gasteiger partial charge >= 0.3 is 0 Å². The van der Waals surface area contributed by atoms with E-state index in [1.807, 2.05) is 30.3 Å². The highest BCUT2D eigenvalue weighted by Crippen LogP contribution is 2.35. The first-order chi connectivity index (χ1) is 15.2. The lowest BCUT2D eigenvalue weighted by atomic mass is 10.1. The molecule has 0 radical (unpaired) electrons. The van der Waals surface area contributed by atoms with E-state index in [9.17, 15) is 9.59 Å². The summed E-state index contributed by atoms with van der Waals surface area (Å²) < 4.78 is 5.60. The van der Waals surface area contributed by atoms with Crippen molar-refractivity contribution in [2.75, 3.05) is 31.6 Å². The fourth-order valence-corrected chi connectivity index (χ4v) is 4.94. The third-order valence-electron chi connectivity index (χ3n) is 5.79. The highest BCUT2D eigenvalue weighted by atomic mass is 32.2. The number of carbonyl (C=O) groups excluding carboxylic acids is 2. The average molecular weight is 437 g/mol. The van der Waals surface area contributed by atoms with E-state index in [1.54, 1.807) is 13.2 Å². The molecule has 2 saturated heterocycles. The SMILES string of the molecule is COc1cc(N2CCCCC2)ccc1/C=C1/SC(=O)N(CCCc2ccccc2)C1=O. The minimum atomic E-state index is -0.217. The molecule has 0 atom stereocenters. The predicted octanol–water partition coefficient (Wildman–Crippen LogP) is 5.35. The predicted molar refractivity (Wildman–Crippen MR) is 126 cm³/mol. The molecule has 2 aliphatic heterocycles.